The average molecular weight is 447 g/mol. The van der Waals surface area contributed by atoms with Gasteiger partial charge in [0.25, 0.3) is 5.95 Å². The first-order chi connectivity index (χ1) is 15.8. The summed E-state index contributed by atoms with van der Waals surface area (Å²) in [6.45, 7) is 10.6. The van der Waals surface area contributed by atoms with E-state index in [4.69, 9.17) is 4.74 Å². The Labute approximate surface area is 194 Å². The van der Waals surface area contributed by atoms with E-state index in [2.05, 4.69) is 46.4 Å². The lowest BCUT2D eigenvalue weighted by Gasteiger charge is -2.36. The van der Waals surface area contributed by atoms with Gasteiger partial charge in [0, 0.05) is 41.2 Å². The summed E-state index contributed by atoms with van der Waals surface area (Å²) in [5.74, 6) is 1.90. The zero-order valence-electron chi connectivity index (χ0n) is 19.8. The molecule has 1 fully saturated rings. The van der Waals surface area contributed by atoms with Crippen molar-refractivity contribution in [2.75, 3.05) is 11.9 Å². The lowest BCUT2D eigenvalue weighted by Crippen LogP contribution is -2.41. The number of urea groups is 1. The Bertz CT molecular complexity index is 1210. The van der Waals surface area contributed by atoms with Crippen LogP contribution >= 0.6 is 0 Å². The fourth-order valence-corrected chi connectivity index (χ4v) is 4.55. The SMILES string of the molecule is Cc1cc(C)nc(-n2nc(NC(=O)N(C3CC3)C3CCOc4cc(C)c(C)cc43)cc2C)n1. The highest BCUT2D eigenvalue weighted by Crippen LogP contribution is 2.42. The van der Waals surface area contributed by atoms with Crippen molar-refractivity contribution < 1.29 is 9.53 Å². The molecule has 3 heterocycles. The maximum absolute atomic E-state index is 13.5. The number of hydrogen-bond donors (Lipinski definition) is 1. The molecule has 2 amide bonds. The Morgan fingerprint density at radius 2 is 1.70 bits per heavy atom. The van der Waals surface area contributed by atoms with Crippen molar-refractivity contribution in [3.05, 3.63) is 58.0 Å². The molecule has 172 valence electrons. The minimum absolute atomic E-state index is 0.00788. The van der Waals surface area contributed by atoms with Crippen molar-refractivity contribution in [3.8, 4) is 11.7 Å². The molecule has 8 heteroatoms. The average Bonchev–Trinajstić information content (AvgIpc) is 3.50. The van der Waals surface area contributed by atoms with E-state index in [1.165, 1.54) is 11.1 Å². The maximum atomic E-state index is 13.5. The minimum Gasteiger partial charge on any atom is -0.493 e. The second-order valence-electron chi connectivity index (χ2n) is 9.23. The van der Waals surface area contributed by atoms with Gasteiger partial charge in [0.15, 0.2) is 5.82 Å². The number of fused-ring (bicyclic) bond motifs is 1. The van der Waals surface area contributed by atoms with Gasteiger partial charge >= 0.3 is 6.03 Å². The normalized spacial score (nSPS) is 17.3. The summed E-state index contributed by atoms with van der Waals surface area (Å²) in [5.41, 5.74) is 6.12. The number of nitrogens with zero attached hydrogens (tertiary/aromatic N) is 5. The molecule has 5 rings (SSSR count). The second-order valence-corrected chi connectivity index (χ2v) is 9.23. The van der Waals surface area contributed by atoms with Gasteiger partial charge in [-0.2, -0.15) is 0 Å². The first-order valence-electron chi connectivity index (χ1n) is 11.5. The molecule has 0 saturated heterocycles. The molecule has 1 N–H and O–H groups in total. The van der Waals surface area contributed by atoms with Gasteiger partial charge in [-0.15, -0.1) is 5.10 Å². The number of nitrogens with one attached hydrogen (secondary N) is 1. The summed E-state index contributed by atoms with van der Waals surface area (Å²) in [6, 6.07) is 8.16. The summed E-state index contributed by atoms with van der Waals surface area (Å²) in [5, 5.41) is 7.62. The van der Waals surface area contributed by atoms with Crippen LogP contribution in [0.5, 0.6) is 5.75 Å². The van der Waals surface area contributed by atoms with Gasteiger partial charge in [-0.25, -0.2) is 19.4 Å². The smallest absolute Gasteiger partial charge is 0.323 e. The van der Waals surface area contributed by atoms with E-state index in [1.54, 1.807) is 4.68 Å². The lowest BCUT2D eigenvalue weighted by atomic mass is 9.95. The Morgan fingerprint density at radius 1 is 1.00 bits per heavy atom. The number of anilines is 1. The molecule has 0 radical (unpaired) electrons. The molecular formula is C25H30N6O2. The van der Waals surface area contributed by atoms with Crippen LogP contribution in [0.3, 0.4) is 0 Å². The molecule has 2 aliphatic rings. The number of benzene rings is 1. The zero-order valence-corrected chi connectivity index (χ0v) is 19.8. The van der Waals surface area contributed by atoms with Crippen LogP contribution in [0.25, 0.3) is 5.95 Å². The predicted molar refractivity (Wildman–Crippen MR) is 126 cm³/mol. The number of aromatic nitrogens is 4. The number of aryl methyl sites for hydroxylation is 5. The Hall–Kier alpha value is -3.42. The molecule has 33 heavy (non-hydrogen) atoms. The van der Waals surface area contributed by atoms with Crippen LogP contribution in [0.2, 0.25) is 0 Å². The van der Waals surface area contributed by atoms with Crippen molar-refractivity contribution in [1.29, 1.82) is 0 Å². The molecule has 1 aliphatic carbocycles. The summed E-state index contributed by atoms with van der Waals surface area (Å²) >= 11 is 0. The van der Waals surface area contributed by atoms with Gasteiger partial charge in [0.05, 0.1) is 12.6 Å². The molecule has 1 unspecified atom stereocenters. The fraction of sp³-hybridized carbons (Fsp3) is 0.440. The van der Waals surface area contributed by atoms with E-state index in [0.717, 1.165) is 47.7 Å². The molecular weight excluding hydrogens is 416 g/mol. The third kappa shape index (κ3) is 4.17. The molecule has 0 spiro atoms. The van der Waals surface area contributed by atoms with E-state index >= 15 is 0 Å². The summed E-state index contributed by atoms with van der Waals surface area (Å²) in [4.78, 5) is 24.5. The largest absolute Gasteiger partial charge is 0.493 e. The van der Waals surface area contributed by atoms with E-state index in [1.807, 2.05) is 37.8 Å². The molecule has 1 aliphatic heterocycles. The molecule has 1 aromatic carbocycles. The second kappa shape index (κ2) is 8.17. The first kappa shape index (κ1) is 21.4. The molecule has 3 aromatic rings. The highest BCUT2D eigenvalue weighted by Gasteiger charge is 2.40. The van der Waals surface area contributed by atoms with E-state index in [0.29, 0.717) is 18.4 Å². The van der Waals surface area contributed by atoms with Crippen LogP contribution in [0.4, 0.5) is 10.6 Å². The standard InChI is InChI=1S/C25H30N6O2/c1-14-10-20-21(8-9-33-22(20)11-15(14)2)30(19-6-7-19)25(32)28-23-13-18(5)31(29-23)24-26-16(3)12-17(4)27-24/h10-13,19,21H,6-9H2,1-5H3,(H,28,29,32). The Morgan fingerprint density at radius 3 is 2.39 bits per heavy atom. The summed E-state index contributed by atoms with van der Waals surface area (Å²) < 4.78 is 7.61. The number of hydrogen-bond acceptors (Lipinski definition) is 5. The van der Waals surface area contributed by atoms with Crippen LogP contribution in [-0.4, -0.2) is 43.3 Å². The van der Waals surface area contributed by atoms with Crippen LogP contribution in [0, 0.1) is 34.6 Å². The molecule has 1 saturated carbocycles. The zero-order chi connectivity index (χ0) is 23.3. The van der Waals surface area contributed by atoms with Crippen LogP contribution in [-0.2, 0) is 0 Å². The fourth-order valence-electron chi connectivity index (χ4n) is 4.55. The van der Waals surface area contributed by atoms with E-state index in [9.17, 15) is 4.79 Å². The van der Waals surface area contributed by atoms with Gasteiger partial charge in [-0.3, -0.25) is 5.32 Å². The quantitative estimate of drug-likeness (QED) is 0.627. The Balaban J connectivity index is 1.42. The number of carbonyl (C=O) groups excluding carboxylic acids is 1. The van der Waals surface area contributed by atoms with Gasteiger partial charge in [0.2, 0.25) is 0 Å². The molecule has 2 aromatic heterocycles. The van der Waals surface area contributed by atoms with Crippen molar-refractivity contribution >= 4 is 11.8 Å². The third-order valence-electron chi connectivity index (χ3n) is 6.43. The van der Waals surface area contributed by atoms with Crippen molar-refractivity contribution in [2.45, 2.75) is 66.0 Å². The van der Waals surface area contributed by atoms with Crippen LogP contribution in [0.1, 0.15) is 59.1 Å². The number of ether oxygens (including phenoxy) is 1. The van der Waals surface area contributed by atoms with Gasteiger partial charge in [-0.05, 0) is 70.7 Å². The minimum atomic E-state index is -0.125. The maximum Gasteiger partial charge on any atom is 0.323 e. The van der Waals surface area contributed by atoms with Gasteiger partial charge in [0.1, 0.15) is 5.75 Å². The van der Waals surface area contributed by atoms with E-state index in [-0.39, 0.29) is 18.1 Å². The number of amides is 2. The Kier molecular flexibility index (Phi) is 5.31. The first-order valence-corrected chi connectivity index (χ1v) is 11.5. The highest BCUT2D eigenvalue weighted by molar-refractivity contribution is 5.89. The number of carbonyl (C=O) groups is 1. The highest BCUT2D eigenvalue weighted by atomic mass is 16.5. The van der Waals surface area contributed by atoms with Crippen molar-refractivity contribution in [1.82, 2.24) is 24.6 Å². The van der Waals surface area contributed by atoms with Crippen LogP contribution < -0.4 is 10.1 Å². The van der Waals surface area contributed by atoms with Gasteiger partial charge < -0.3 is 9.64 Å². The topological polar surface area (TPSA) is 85.2 Å². The van der Waals surface area contributed by atoms with E-state index < -0.39 is 0 Å². The molecule has 8 nitrogen and oxygen atoms in total. The van der Waals surface area contributed by atoms with Crippen molar-refractivity contribution in [3.63, 3.8) is 0 Å². The van der Waals surface area contributed by atoms with Gasteiger partial charge in [-0.1, -0.05) is 6.07 Å². The predicted octanol–water partition coefficient (Wildman–Crippen LogP) is 4.72. The van der Waals surface area contributed by atoms with Crippen LogP contribution in [0.15, 0.2) is 24.3 Å². The lowest BCUT2D eigenvalue weighted by molar-refractivity contribution is 0.150. The molecule has 1 atom stereocenters. The van der Waals surface area contributed by atoms with Crippen molar-refractivity contribution in [2.24, 2.45) is 0 Å². The summed E-state index contributed by atoms with van der Waals surface area (Å²) in [7, 11) is 0. The number of rotatable bonds is 4. The monoisotopic (exact) mass is 446 g/mol. The summed E-state index contributed by atoms with van der Waals surface area (Å²) in [6.07, 6.45) is 2.83. The molecule has 0 bridgehead atoms. The third-order valence-corrected chi connectivity index (χ3v) is 6.43.